The van der Waals surface area contributed by atoms with Gasteiger partial charge in [0, 0.05) is 48.7 Å². The highest BCUT2D eigenvalue weighted by Crippen LogP contribution is 2.66. The average molecular weight is 628 g/mol. The first-order valence-electron chi connectivity index (χ1n) is 15.8. The van der Waals surface area contributed by atoms with Crippen molar-refractivity contribution in [2.45, 2.75) is 89.3 Å². The summed E-state index contributed by atoms with van der Waals surface area (Å²) in [7, 11) is 0. The van der Waals surface area contributed by atoms with Crippen LogP contribution in [0.2, 0.25) is 10.0 Å². The van der Waals surface area contributed by atoms with Crippen LogP contribution in [-0.4, -0.2) is 64.6 Å². The van der Waals surface area contributed by atoms with E-state index in [9.17, 15) is 14.7 Å². The lowest BCUT2D eigenvalue weighted by atomic mass is 9.50. The maximum absolute atomic E-state index is 14.2. The zero-order chi connectivity index (χ0) is 30.2. The van der Waals surface area contributed by atoms with Crippen LogP contribution in [-0.2, 0) is 27.8 Å². The molecule has 2 bridgehead atoms. The maximum Gasteiger partial charge on any atom is 0.308 e. The van der Waals surface area contributed by atoms with Crippen LogP contribution in [0.3, 0.4) is 0 Å². The van der Waals surface area contributed by atoms with Gasteiger partial charge in [-0.25, -0.2) is 0 Å². The molecule has 5 atom stereocenters. The van der Waals surface area contributed by atoms with Crippen LogP contribution in [0.15, 0.2) is 24.3 Å². The molecule has 7 nitrogen and oxygen atoms in total. The van der Waals surface area contributed by atoms with Crippen molar-refractivity contribution in [3.8, 4) is 17.2 Å². The van der Waals surface area contributed by atoms with Crippen molar-refractivity contribution in [1.29, 1.82) is 0 Å². The maximum atomic E-state index is 14.2. The van der Waals surface area contributed by atoms with E-state index in [-0.39, 0.29) is 47.3 Å². The average Bonchev–Trinajstić information content (AvgIpc) is 3.70. The predicted molar refractivity (Wildman–Crippen MR) is 165 cm³/mol. The van der Waals surface area contributed by atoms with Gasteiger partial charge in [0.05, 0.1) is 22.5 Å². The monoisotopic (exact) mass is 626 g/mol. The molecule has 230 valence electrons. The summed E-state index contributed by atoms with van der Waals surface area (Å²) in [5, 5.41) is 12.3. The van der Waals surface area contributed by atoms with E-state index in [4.69, 9.17) is 32.7 Å². The van der Waals surface area contributed by atoms with Crippen molar-refractivity contribution in [2.24, 2.45) is 17.8 Å². The van der Waals surface area contributed by atoms with E-state index in [1.54, 1.807) is 18.2 Å². The molecule has 7 rings (SSSR count). The number of aromatic hydroxyl groups is 1. The molecule has 2 aromatic rings. The second-order valence-corrected chi connectivity index (χ2v) is 14.6. The van der Waals surface area contributed by atoms with Gasteiger partial charge in [0.2, 0.25) is 5.91 Å². The number of phenols is 1. The molecule has 5 aliphatic rings. The minimum absolute atomic E-state index is 0.0355. The zero-order valence-corrected chi connectivity index (χ0v) is 26.6. The molecular formula is C34H40Cl2N2O5. The lowest BCUT2D eigenvalue weighted by Crippen LogP contribution is -2.69. The van der Waals surface area contributed by atoms with Gasteiger partial charge in [0.1, 0.15) is 11.9 Å². The number of likely N-dealkylation sites (tertiary alicyclic amines) is 1. The molecule has 0 aromatic heterocycles. The topological polar surface area (TPSA) is 79.3 Å². The number of carbonyl (C=O) groups excluding carboxylic acids is 2. The molecule has 1 spiro atoms. The molecule has 3 fully saturated rings. The Balaban J connectivity index is 1.30. The highest BCUT2D eigenvalue weighted by Gasteiger charge is 2.67. The van der Waals surface area contributed by atoms with Crippen molar-refractivity contribution in [1.82, 2.24) is 9.80 Å². The molecule has 43 heavy (non-hydrogen) atoms. The van der Waals surface area contributed by atoms with Gasteiger partial charge < -0.3 is 19.5 Å². The van der Waals surface area contributed by atoms with Crippen molar-refractivity contribution in [2.75, 3.05) is 19.6 Å². The van der Waals surface area contributed by atoms with E-state index in [2.05, 4.69) is 18.7 Å². The van der Waals surface area contributed by atoms with Crippen molar-refractivity contribution >= 4 is 35.1 Å². The van der Waals surface area contributed by atoms with Crippen LogP contribution in [0, 0.1) is 17.8 Å². The van der Waals surface area contributed by atoms with Crippen LogP contribution in [0.1, 0.15) is 69.6 Å². The molecule has 2 aliphatic heterocycles. The minimum Gasteiger partial charge on any atom is -0.508 e. The molecule has 3 aliphatic carbocycles. The summed E-state index contributed by atoms with van der Waals surface area (Å²) in [6.07, 6.45) is 6.00. The number of nitrogens with zero attached hydrogens (tertiary/aromatic N) is 2. The van der Waals surface area contributed by atoms with E-state index < -0.39 is 5.97 Å². The van der Waals surface area contributed by atoms with Crippen LogP contribution in [0.5, 0.6) is 17.2 Å². The third-order valence-corrected chi connectivity index (χ3v) is 11.3. The fourth-order valence-electron chi connectivity index (χ4n) is 8.80. The number of rotatable bonds is 8. The molecule has 1 saturated heterocycles. The van der Waals surface area contributed by atoms with Gasteiger partial charge in [-0.1, -0.05) is 43.1 Å². The second kappa shape index (κ2) is 10.8. The molecule has 2 aromatic carbocycles. The van der Waals surface area contributed by atoms with Crippen LogP contribution in [0.25, 0.3) is 0 Å². The number of halogens is 2. The molecule has 1 N–H and O–H groups in total. The number of carbonyl (C=O) groups is 2. The first-order chi connectivity index (χ1) is 20.6. The Labute approximate surface area is 263 Å². The molecule has 0 radical (unpaired) electrons. The largest absolute Gasteiger partial charge is 0.508 e. The lowest BCUT2D eigenvalue weighted by Gasteiger charge is -2.60. The number of piperidine rings is 1. The Morgan fingerprint density at radius 3 is 2.65 bits per heavy atom. The molecule has 2 saturated carbocycles. The summed E-state index contributed by atoms with van der Waals surface area (Å²) in [5.41, 5.74) is 2.41. The number of phenolic OH excluding ortho intramolecular Hbond substituents is 1. The number of hydrogen-bond acceptors (Lipinski definition) is 6. The van der Waals surface area contributed by atoms with Crippen molar-refractivity contribution < 1.29 is 24.2 Å². The van der Waals surface area contributed by atoms with Gasteiger partial charge in [-0.05, 0) is 80.5 Å². The standard InChI is InChI=1S/C34H40Cl2N2O5/c1-18(2)16-38(30(41)13-21-6-8-24(35)25(36)12-21)26-9-7-23-27-14-22-28(40)15-29(42-19(3)39)32-31(22)34(23,33(26)43-32)10-11-37(27)17-20-4-5-20/h6,8,12,15,18,20,23,26-27,33,40H,4-5,7,9-11,13-14,16-17H2,1-3H3/t23-,26+,27+,33-,34-/m0/s1. The van der Waals surface area contributed by atoms with Gasteiger partial charge in [0.15, 0.2) is 11.5 Å². The molecule has 0 unspecified atom stereocenters. The summed E-state index contributed by atoms with van der Waals surface area (Å²) in [4.78, 5) is 31.0. The Morgan fingerprint density at radius 1 is 1.16 bits per heavy atom. The third-order valence-electron chi connectivity index (χ3n) is 10.6. The Hall–Kier alpha value is -2.48. The van der Waals surface area contributed by atoms with Crippen LogP contribution < -0.4 is 9.47 Å². The highest BCUT2D eigenvalue weighted by molar-refractivity contribution is 6.42. The summed E-state index contributed by atoms with van der Waals surface area (Å²) >= 11 is 12.5. The van der Waals surface area contributed by atoms with Gasteiger partial charge in [-0.2, -0.15) is 0 Å². The summed E-state index contributed by atoms with van der Waals surface area (Å²) < 4.78 is 12.6. The molecule has 9 heteroatoms. The van der Waals surface area contributed by atoms with Gasteiger partial charge in [0.25, 0.3) is 0 Å². The van der Waals surface area contributed by atoms with E-state index in [1.807, 2.05) is 11.0 Å². The predicted octanol–water partition coefficient (Wildman–Crippen LogP) is 6.17. The normalized spacial score (nSPS) is 28.8. The summed E-state index contributed by atoms with van der Waals surface area (Å²) in [6, 6.07) is 7.09. The Bertz CT molecular complexity index is 1480. The third kappa shape index (κ3) is 4.90. The minimum atomic E-state index is -0.453. The van der Waals surface area contributed by atoms with E-state index in [1.165, 1.54) is 19.8 Å². The first-order valence-corrected chi connectivity index (χ1v) is 16.5. The fraction of sp³-hybridized carbons (Fsp3) is 0.588. The van der Waals surface area contributed by atoms with Gasteiger partial charge in [-0.15, -0.1) is 0 Å². The van der Waals surface area contributed by atoms with E-state index >= 15 is 0 Å². The SMILES string of the molecule is CC(=O)Oc1cc(O)c2c3c1O[C@H]1[C@H](N(CC(C)C)C(=O)Cc4ccc(Cl)c(Cl)c4)CC[C@H]4[C@@H](C2)N(CC2CC2)CC[C@@]341. The Kier molecular flexibility index (Phi) is 7.38. The van der Waals surface area contributed by atoms with Gasteiger partial charge >= 0.3 is 5.97 Å². The molecule has 2 heterocycles. The molecular weight excluding hydrogens is 587 g/mol. The fourth-order valence-corrected chi connectivity index (χ4v) is 9.12. The number of ether oxygens (including phenoxy) is 2. The smallest absolute Gasteiger partial charge is 0.308 e. The van der Waals surface area contributed by atoms with E-state index in [0.717, 1.165) is 61.4 Å². The number of benzene rings is 2. The lowest BCUT2D eigenvalue weighted by molar-refractivity contribution is -0.143. The van der Waals surface area contributed by atoms with Gasteiger partial charge in [-0.3, -0.25) is 14.5 Å². The second-order valence-electron chi connectivity index (χ2n) is 13.8. The quantitative estimate of drug-likeness (QED) is 0.279. The molecule has 1 amide bonds. The van der Waals surface area contributed by atoms with Crippen molar-refractivity contribution in [3.05, 3.63) is 51.0 Å². The van der Waals surface area contributed by atoms with Crippen LogP contribution >= 0.6 is 23.2 Å². The van der Waals surface area contributed by atoms with E-state index in [0.29, 0.717) is 34.3 Å². The van der Waals surface area contributed by atoms with Crippen LogP contribution in [0.4, 0.5) is 0 Å². The number of hydrogen-bond donors (Lipinski definition) is 1. The summed E-state index contributed by atoms with van der Waals surface area (Å²) in [6.45, 7) is 8.32. The Morgan fingerprint density at radius 2 is 1.95 bits per heavy atom. The van der Waals surface area contributed by atoms with Crippen molar-refractivity contribution in [3.63, 3.8) is 0 Å². The summed E-state index contributed by atoms with van der Waals surface area (Å²) in [5.74, 6) is 1.99. The number of amides is 1. The zero-order valence-electron chi connectivity index (χ0n) is 25.1. The number of esters is 1. The highest BCUT2D eigenvalue weighted by atomic mass is 35.5. The first kappa shape index (κ1) is 29.2.